The van der Waals surface area contributed by atoms with Crippen LogP contribution in [0.5, 0.6) is 0 Å². The Labute approximate surface area is 122 Å². The molecule has 0 unspecified atom stereocenters. The average Bonchev–Trinajstić information content (AvgIpc) is 2.81. The third-order valence-electron chi connectivity index (χ3n) is 2.82. The average molecular weight is 323 g/mol. The Hall–Kier alpha value is -1.13. The predicted molar refractivity (Wildman–Crippen MR) is 80.9 cm³/mol. The van der Waals surface area contributed by atoms with Crippen molar-refractivity contribution in [2.45, 2.75) is 27.3 Å². The van der Waals surface area contributed by atoms with Gasteiger partial charge in [0.15, 0.2) is 5.76 Å². The molecule has 0 saturated carbocycles. The van der Waals surface area contributed by atoms with Gasteiger partial charge in [-0.3, -0.25) is 0 Å². The normalized spacial score (nSPS) is 11.2. The number of halogens is 1. The minimum atomic E-state index is 0.628. The van der Waals surface area contributed by atoms with Crippen molar-refractivity contribution in [3.63, 3.8) is 0 Å². The van der Waals surface area contributed by atoms with Gasteiger partial charge in [0, 0.05) is 10.0 Å². The summed E-state index contributed by atoms with van der Waals surface area (Å²) in [7, 11) is 0. The van der Waals surface area contributed by atoms with Crippen molar-refractivity contribution in [1.82, 2.24) is 10.3 Å². The number of aryl methyl sites for hydroxylation is 1. The van der Waals surface area contributed by atoms with Gasteiger partial charge < -0.3 is 9.73 Å². The first-order valence-electron chi connectivity index (χ1n) is 6.48. The summed E-state index contributed by atoms with van der Waals surface area (Å²) in [5, 5.41) is 3.32. The summed E-state index contributed by atoms with van der Waals surface area (Å²) in [4.78, 5) is 4.30. The molecular weight excluding hydrogens is 304 g/mol. The van der Waals surface area contributed by atoms with Gasteiger partial charge in [0.25, 0.3) is 0 Å². The fourth-order valence-electron chi connectivity index (χ4n) is 1.79. The van der Waals surface area contributed by atoms with E-state index in [0.717, 1.165) is 28.2 Å². The third-order valence-corrected chi connectivity index (χ3v) is 3.71. The molecule has 102 valence electrons. The Morgan fingerprint density at radius 2 is 2.16 bits per heavy atom. The minimum absolute atomic E-state index is 0.628. The summed E-state index contributed by atoms with van der Waals surface area (Å²) < 4.78 is 6.86. The van der Waals surface area contributed by atoms with Gasteiger partial charge in [0.2, 0.25) is 5.89 Å². The number of oxazole rings is 1. The van der Waals surface area contributed by atoms with Gasteiger partial charge >= 0.3 is 0 Å². The van der Waals surface area contributed by atoms with E-state index < -0.39 is 0 Å². The van der Waals surface area contributed by atoms with Crippen LogP contribution in [0.2, 0.25) is 0 Å². The molecule has 2 aromatic rings. The van der Waals surface area contributed by atoms with Crippen molar-refractivity contribution >= 4 is 15.9 Å². The lowest BCUT2D eigenvalue weighted by Gasteiger charge is -2.04. The molecule has 0 atom stereocenters. The SMILES string of the molecule is Cc1cc(-c2cnc(CNCC(C)C)o2)ccc1Br. The first-order valence-corrected chi connectivity index (χ1v) is 7.27. The second kappa shape index (κ2) is 6.35. The van der Waals surface area contributed by atoms with Gasteiger partial charge in [-0.25, -0.2) is 4.98 Å². The largest absolute Gasteiger partial charge is 0.439 e. The van der Waals surface area contributed by atoms with Crippen molar-refractivity contribution in [1.29, 1.82) is 0 Å². The zero-order valence-electron chi connectivity index (χ0n) is 11.5. The van der Waals surface area contributed by atoms with Crippen LogP contribution >= 0.6 is 15.9 Å². The first-order chi connectivity index (χ1) is 9.06. The second-order valence-corrected chi connectivity index (χ2v) is 5.96. The molecule has 0 spiro atoms. The van der Waals surface area contributed by atoms with Crippen molar-refractivity contribution < 1.29 is 4.42 Å². The Morgan fingerprint density at radius 1 is 1.37 bits per heavy atom. The van der Waals surface area contributed by atoms with E-state index in [1.165, 1.54) is 5.56 Å². The number of aromatic nitrogens is 1. The highest BCUT2D eigenvalue weighted by Crippen LogP contribution is 2.25. The minimum Gasteiger partial charge on any atom is -0.439 e. The quantitative estimate of drug-likeness (QED) is 0.898. The van der Waals surface area contributed by atoms with Crippen LogP contribution in [0.1, 0.15) is 25.3 Å². The van der Waals surface area contributed by atoms with E-state index in [1.54, 1.807) is 6.20 Å². The molecule has 0 aliphatic heterocycles. The topological polar surface area (TPSA) is 38.1 Å². The van der Waals surface area contributed by atoms with Crippen molar-refractivity contribution in [3.05, 3.63) is 40.3 Å². The van der Waals surface area contributed by atoms with Gasteiger partial charge in [-0.1, -0.05) is 35.8 Å². The molecule has 1 aromatic carbocycles. The molecular formula is C15H19BrN2O. The molecule has 0 radical (unpaired) electrons. The van der Waals surface area contributed by atoms with E-state index in [1.807, 2.05) is 12.1 Å². The summed E-state index contributed by atoms with van der Waals surface area (Å²) in [6, 6.07) is 6.16. The summed E-state index contributed by atoms with van der Waals surface area (Å²) in [5.74, 6) is 2.18. The monoisotopic (exact) mass is 322 g/mol. The van der Waals surface area contributed by atoms with Crippen LogP contribution in [0.15, 0.2) is 33.3 Å². The fourth-order valence-corrected chi connectivity index (χ4v) is 2.04. The summed E-state index contributed by atoms with van der Waals surface area (Å²) in [5.41, 5.74) is 2.25. The molecule has 0 saturated heterocycles. The maximum atomic E-state index is 5.76. The summed E-state index contributed by atoms with van der Waals surface area (Å²) in [6.07, 6.45) is 1.79. The number of hydrogen-bond acceptors (Lipinski definition) is 3. The molecule has 0 bridgehead atoms. The third kappa shape index (κ3) is 3.91. The first kappa shape index (κ1) is 14.3. The number of hydrogen-bond donors (Lipinski definition) is 1. The Morgan fingerprint density at radius 3 is 2.84 bits per heavy atom. The maximum Gasteiger partial charge on any atom is 0.208 e. The number of nitrogens with one attached hydrogen (secondary N) is 1. The molecule has 1 heterocycles. The summed E-state index contributed by atoms with van der Waals surface area (Å²) >= 11 is 3.50. The Bertz CT molecular complexity index is 549. The fraction of sp³-hybridized carbons (Fsp3) is 0.400. The molecule has 4 heteroatoms. The molecule has 0 fully saturated rings. The van der Waals surface area contributed by atoms with Crippen LogP contribution in [0.25, 0.3) is 11.3 Å². The van der Waals surface area contributed by atoms with Crippen LogP contribution in [0, 0.1) is 12.8 Å². The smallest absolute Gasteiger partial charge is 0.208 e. The Kier molecular flexibility index (Phi) is 4.77. The van der Waals surface area contributed by atoms with Crippen LogP contribution < -0.4 is 5.32 Å². The van der Waals surface area contributed by atoms with Gasteiger partial charge in [0.05, 0.1) is 12.7 Å². The lowest BCUT2D eigenvalue weighted by Crippen LogP contribution is -2.18. The molecule has 19 heavy (non-hydrogen) atoms. The zero-order chi connectivity index (χ0) is 13.8. The lowest BCUT2D eigenvalue weighted by atomic mass is 10.1. The molecule has 0 amide bonds. The number of rotatable bonds is 5. The molecule has 0 aliphatic carbocycles. The van der Waals surface area contributed by atoms with Gasteiger partial charge in [0.1, 0.15) is 0 Å². The Balaban J connectivity index is 2.05. The van der Waals surface area contributed by atoms with Crippen molar-refractivity contribution in [3.8, 4) is 11.3 Å². The molecule has 3 nitrogen and oxygen atoms in total. The van der Waals surface area contributed by atoms with Gasteiger partial charge in [-0.15, -0.1) is 0 Å². The molecule has 1 N–H and O–H groups in total. The highest BCUT2D eigenvalue weighted by atomic mass is 79.9. The van der Waals surface area contributed by atoms with E-state index in [-0.39, 0.29) is 0 Å². The van der Waals surface area contributed by atoms with Crippen LogP contribution in [0.3, 0.4) is 0 Å². The second-order valence-electron chi connectivity index (χ2n) is 5.11. The van der Waals surface area contributed by atoms with E-state index in [9.17, 15) is 0 Å². The van der Waals surface area contributed by atoms with E-state index in [0.29, 0.717) is 12.5 Å². The van der Waals surface area contributed by atoms with Crippen molar-refractivity contribution in [2.24, 2.45) is 5.92 Å². The highest BCUT2D eigenvalue weighted by molar-refractivity contribution is 9.10. The van der Waals surface area contributed by atoms with Crippen molar-refractivity contribution in [2.75, 3.05) is 6.54 Å². The lowest BCUT2D eigenvalue weighted by molar-refractivity contribution is 0.459. The van der Waals surface area contributed by atoms with Crippen LogP contribution in [-0.2, 0) is 6.54 Å². The van der Waals surface area contributed by atoms with Crippen LogP contribution in [-0.4, -0.2) is 11.5 Å². The molecule has 2 rings (SSSR count). The highest BCUT2D eigenvalue weighted by Gasteiger charge is 2.07. The van der Waals surface area contributed by atoms with E-state index in [4.69, 9.17) is 4.42 Å². The summed E-state index contributed by atoms with van der Waals surface area (Å²) in [6.45, 7) is 8.06. The molecule has 1 aromatic heterocycles. The molecule has 0 aliphatic rings. The van der Waals surface area contributed by atoms with E-state index >= 15 is 0 Å². The standard InChI is InChI=1S/C15H19BrN2O/c1-10(2)7-17-9-15-18-8-14(19-15)12-4-5-13(16)11(3)6-12/h4-6,8,10,17H,7,9H2,1-3H3. The van der Waals surface area contributed by atoms with Gasteiger partial charge in [-0.05, 0) is 37.1 Å². The van der Waals surface area contributed by atoms with Gasteiger partial charge in [-0.2, -0.15) is 0 Å². The number of benzene rings is 1. The predicted octanol–water partition coefficient (Wildman–Crippen LogP) is 4.16. The maximum absolute atomic E-state index is 5.76. The van der Waals surface area contributed by atoms with Crippen LogP contribution in [0.4, 0.5) is 0 Å². The number of nitrogens with zero attached hydrogens (tertiary/aromatic N) is 1. The van der Waals surface area contributed by atoms with E-state index in [2.05, 4.69) is 53.1 Å². The zero-order valence-corrected chi connectivity index (χ0v) is 13.1.